The van der Waals surface area contributed by atoms with Gasteiger partial charge in [0.15, 0.2) is 0 Å². The van der Waals surface area contributed by atoms with Crippen molar-refractivity contribution in [3.05, 3.63) is 52.0 Å². The number of hydrogen-bond acceptors (Lipinski definition) is 3. The molecule has 0 saturated carbocycles. The average molecular weight is 219 g/mol. The quantitative estimate of drug-likeness (QED) is 0.861. The fraction of sp³-hybridized carbons (Fsp3) is 0.250. The van der Waals surface area contributed by atoms with Crippen LogP contribution in [0.5, 0.6) is 0 Å². The highest BCUT2D eigenvalue weighted by Crippen LogP contribution is 2.18. The molecule has 2 rings (SSSR count). The van der Waals surface area contributed by atoms with E-state index in [9.17, 15) is 5.11 Å². The van der Waals surface area contributed by atoms with Crippen LogP contribution < -0.4 is 0 Å². The van der Waals surface area contributed by atoms with Crippen molar-refractivity contribution in [1.29, 1.82) is 0 Å². The molecule has 0 fully saturated rings. The Labute approximate surface area is 93.2 Å². The highest BCUT2D eigenvalue weighted by atomic mass is 32.1. The minimum Gasteiger partial charge on any atom is -0.386 e. The van der Waals surface area contributed by atoms with E-state index in [1.165, 1.54) is 0 Å². The first-order valence-electron chi connectivity index (χ1n) is 4.88. The Morgan fingerprint density at radius 3 is 2.93 bits per heavy atom. The van der Waals surface area contributed by atoms with Gasteiger partial charge in [0.05, 0.1) is 11.8 Å². The van der Waals surface area contributed by atoms with Gasteiger partial charge in [-0.3, -0.25) is 4.98 Å². The lowest BCUT2D eigenvalue weighted by atomic mass is 10.1. The Balaban J connectivity index is 2.11. The van der Waals surface area contributed by atoms with Gasteiger partial charge in [-0.25, -0.2) is 0 Å². The molecule has 3 heteroatoms. The van der Waals surface area contributed by atoms with E-state index in [1.54, 1.807) is 11.3 Å². The van der Waals surface area contributed by atoms with Crippen molar-refractivity contribution in [3.63, 3.8) is 0 Å². The number of hydrogen-bond donors (Lipinski definition) is 1. The molecule has 0 bridgehead atoms. The maximum atomic E-state index is 9.96. The predicted octanol–water partition coefficient (Wildman–Crippen LogP) is 2.73. The number of thiophene rings is 1. The molecular formula is C12H13NOS. The normalized spacial score (nSPS) is 12.7. The highest BCUT2D eigenvalue weighted by molar-refractivity contribution is 7.07. The van der Waals surface area contributed by atoms with E-state index in [4.69, 9.17) is 0 Å². The summed E-state index contributed by atoms with van der Waals surface area (Å²) in [6.45, 7) is 1.93. The molecule has 0 aliphatic rings. The first-order chi connectivity index (χ1) is 7.25. The van der Waals surface area contributed by atoms with Gasteiger partial charge in [0.2, 0.25) is 0 Å². The number of aromatic nitrogens is 1. The van der Waals surface area contributed by atoms with Crippen LogP contribution in [-0.2, 0) is 6.42 Å². The molecule has 2 heterocycles. The smallest absolute Gasteiger partial charge is 0.1000 e. The van der Waals surface area contributed by atoms with Crippen molar-refractivity contribution in [2.45, 2.75) is 19.4 Å². The maximum Gasteiger partial charge on any atom is 0.1000 e. The molecule has 0 amide bonds. The highest BCUT2D eigenvalue weighted by Gasteiger charge is 2.09. The van der Waals surface area contributed by atoms with Gasteiger partial charge in [-0.05, 0) is 41.4 Å². The predicted molar refractivity (Wildman–Crippen MR) is 62.0 cm³/mol. The molecule has 78 valence electrons. The first kappa shape index (κ1) is 10.3. The molecule has 2 aromatic rings. The van der Waals surface area contributed by atoms with Crippen LogP contribution in [-0.4, -0.2) is 10.1 Å². The molecular weight excluding hydrogens is 206 g/mol. The Hall–Kier alpha value is -1.19. The summed E-state index contributed by atoms with van der Waals surface area (Å²) in [4.78, 5) is 4.31. The van der Waals surface area contributed by atoms with E-state index < -0.39 is 6.10 Å². The summed E-state index contributed by atoms with van der Waals surface area (Å²) < 4.78 is 0. The third-order valence-electron chi connectivity index (χ3n) is 2.26. The monoisotopic (exact) mass is 219 g/mol. The molecule has 1 unspecified atom stereocenters. The van der Waals surface area contributed by atoms with Gasteiger partial charge in [-0.2, -0.15) is 11.3 Å². The van der Waals surface area contributed by atoms with Crippen molar-refractivity contribution in [1.82, 2.24) is 4.98 Å². The second-order valence-corrected chi connectivity index (χ2v) is 4.34. The third-order valence-corrected chi connectivity index (χ3v) is 2.99. The summed E-state index contributed by atoms with van der Waals surface area (Å²) in [7, 11) is 0. The summed E-state index contributed by atoms with van der Waals surface area (Å²) >= 11 is 1.65. The van der Waals surface area contributed by atoms with Crippen LogP contribution in [0, 0.1) is 6.92 Å². The van der Waals surface area contributed by atoms with Gasteiger partial charge in [-0.1, -0.05) is 6.07 Å². The number of aliphatic hydroxyl groups excluding tert-OH is 1. The van der Waals surface area contributed by atoms with Gasteiger partial charge in [0.1, 0.15) is 0 Å². The lowest BCUT2D eigenvalue weighted by molar-refractivity contribution is 0.173. The molecule has 0 aliphatic carbocycles. The SMILES string of the molecule is Cc1cccc(C(O)Cc2ccsc2)n1. The Bertz CT molecular complexity index is 425. The van der Waals surface area contributed by atoms with E-state index >= 15 is 0 Å². The van der Waals surface area contributed by atoms with Crippen molar-refractivity contribution >= 4 is 11.3 Å². The molecule has 0 radical (unpaired) electrons. The second-order valence-electron chi connectivity index (χ2n) is 3.56. The van der Waals surface area contributed by atoms with E-state index in [1.807, 2.05) is 36.6 Å². The van der Waals surface area contributed by atoms with E-state index in [0.717, 1.165) is 17.0 Å². The minimum absolute atomic E-state index is 0.500. The second kappa shape index (κ2) is 4.55. The molecule has 0 spiro atoms. The van der Waals surface area contributed by atoms with Gasteiger partial charge in [0.25, 0.3) is 0 Å². The molecule has 1 N–H and O–H groups in total. The topological polar surface area (TPSA) is 33.1 Å². The minimum atomic E-state index is -0.500. The summed E-state index contributed by atoms with van der Waals surface area (Å²) in [5.41, 5.74) is 2.86. The zero-order chi connectivity index (χ0) is 10.7. The van der Waals surface area contributed by atoms with Crippen molar-refractivity contribution in [2.24, 2.45) is 0 Å². The van der Waals surface area contributed by atoms with Crippen LogP contribution in [0.25, 0.3) is 0 Å². The van der Waals surface area contributed by atoms with E-state index in [-0.39, 0.29) is 0 Å². The van der Waals surface area contributed by atoms with Crippen LogP contribution in [0.15, 0.2) is 35.0 Å². The van der Waals surface area contributed by atoms with Gasteiger partial charge < -0.3 is 5.11 Å². The molecule has 1 atom stereocenters. The van der Waals surface area contributed by atoms with Gasteiger partial charge in [0, 0.05) is 12.1 Å². The Morgan fingerprint density at radius 1 is 1.40 bits per heavy atom. The first-order valence-corrected chi connectivity index (χ1v) is 5.82. The van der Waals surface area contributed by atoms with Crippen molar-refractivity contribution < 1.29 is 5.11 Å². The summed E-state index contributed by atoms with van der Waals surface area (Å²) in [6.07, 6.45) is 0.138. The number of nitrogens with zero attached hydrogens (tertiary/aromatic N) is 1. The lowest BCUT2D eigenvalue weighted by Crippen LogP contribution is -2.04. The van der Waals surface area contributed by atoms with E-state index in [0.29, 0.717) is 6.42 Å². The fourth-order valence-electron chi connectivity index (χ4n) is 1.49. The van der Waals surface area contributed by atoms with Crippen LogP contribution in [0.3, 0.4) is 0 Å². The fourth-order valence-corrected chi connectivity index (χ4v) is 2.17. The zero-order valence-electron chi connectivity index (χ0n) is 8.55. The summed E-state index contributed by atoms with van der Waals surface area (Å²) in [6, 6.07) is 7.75. The van der Waals surface area contributed by atoms with Crippen LogP contribution in [0.2, 0.25) is 0 Å². The molecule has 0 aliphatic heterocycles. The molecule has 0 saturated heterocycles. The van der Waals surface area contributed by atoms with Gasteiger partial charge in [-0.15, -0.1) is 0 Å². The summed E-state index contributed by atoms with van der Waals surface area (Å²) in [5, 5.41) is 14.0. The zero-order valence-corrected chi connectivity index (χ0v) is 9.37. The largest absolute Gasteiger partial charge is 0.386 e. The summed E-state index contributed by atoms with van der Waals surface area (Å²) in [5.74, 6) is 0. The van der Waals surface area contributed by atoms with Crippen LogP contribution in [0.1, 0.15) is 23.1 Å². The average Bonchev–Trinajstić information content (AvgIpc) is 2.70. The third kappa shape index (κ3) is 2.64. The lowest BCUT2D eigenvalue weighted by Gasteiger charge is -2.09. The number of pyridine rings is 1. The van der Waals surface area contributed by atoms with Crippen molar-refractivity contribution in [3.8, 4) is 0 Å². The van der Waals surface area contributed by atoms with Crippen LogP contribution in [0.4, 0.5) is 0 Å². The number of aliphatic hydroxyl groups is 1. The van der Waals surface area contributed by atoms with Crippen molar-refractivity contribution in [2.75, 3.05) is 0 Å². The number of aryl methyl sites for hydroxylation is 1. The molecule has 15 heavy (non-hydrogen) atoms. The molecule has 2 aromatic heterocycles. The number of rotatable bonds is 3. The van der Waals surface area contributed by atoms with Gasteiger partial charge >= 0.3 is 0 Å². The Kier molecular flexibility index (Phi) is 3.14. The van der Waals surface area contributed by atoms with Crippen LogP contribution >= 0.6 is 11.3 Å². The maximum absolute atomic E-state index is 9.96. The molecule has 2 nitrogen and oxygen atoms in total. The Morgan fingerprint density at radius 2 is 2.27 bits per heavy atom. The molecule has 0 aromatic carbocycles. The standard InChI is InChI=1S/C12H13NOS/c1-9-3-2-4-11(13-9)12(14)7-10-5-6-15-8-10/h2-6,8,12,14H,7H2,1H3. The van der Waals surface area contributed by atoms with E-state index in [2.05, 4.69) is 10.4 Å².